The highest BCUT2D eigenvalue weighted by Crippen LogP contribution is 2.22. The monoisotopic (exact) mass is 377 g/mol. The Hall–Kier alpha value is -2.01. The summed E-state index contributed by atoms with van der Waals surface area (Å²) in [7, 11) is 1.61. The van der Waals surface area contributed by atoms with E-state index < -0.39 is 6.10 Å². The van der Waals surface area contributed by atoms with Gasteiger partial charge in [0.25, 0.3) is 5.91 Å². The van der Waals surface area contributed by atoms with Crippen molar-refractivity contribution in [1.29, 1.82) is 0 Å². The van der Waals surface area contributed by atoms with Crippen molar-refractivity contribution in [3.05, 3.63) is 52.5 Å². The third-order valence-electron chi connectivity index (χ3n) is 3.43. The zero-order valence-electron chi connectivity index (χ0n) is 13.4. The molecule has 2 aromatic rings. The van der Waals surface area contributed by atoms with Crippen LogP contribution in [-0.2, 0) is 4.79 Å². The lowest BCUT2D eigenvalue weighted by Crippen LogP contribution is -2.32. The van der Waals surface area contributed by atoms with Gasteiger partial charge in [-0.15, -0.1) is 0 Å². The fraction of sp³-hybridized carbons (Fsp3) is 0.278. The number of anilines is 1. The van der Waals surface area contributed by atoms with Gasteiger partial charge in [-0.25, -0.2) is 0 Å². The van der Waals surface area contributed by atoms with Gasteiger partial charge in [0.1, 0.15) is 11.5 Å². The first-order valence-corrected chi connectivity index (χ1v) is 8.20. The molecule has 23 heavy (non-hydrogen) atoms. The lowest BCUT2D eigenvalue weighted by atomic mass is 10.2. The number of nitrogens with one attached hydrogen (secondary N) is 1. The Balaban J connectivity index is 2.03. The molecule has 0 aliphatic carbocycles. The molecule has 0 aliphatic rings. The average molecular weight is 378 g/mol. The zero-order valence-corrected chi connectivity index (χ0v) is 15.0. The van der Waals surface area contributed by atoms with Crippen LogP contribution in [0.25, 0.3) is 0 Å². The topological polar surface area (TPSA) is 47.6 Å². The molecule has 0 saturated heterocycles. The molecule has 122 valence electrons. The van der Waals surface area contributed by atoms with E-state index in [9.17, 15) is 4.79 Å². The Morgan fingerprint density at radius 1 is 1.17 bits per heavy atom. The zero-order chi connectivity index (χ0) is 16.8. The summed E-state index contributed by atoms with van der Waals surface area (Å²) in [5, 5.41) is 2.89. The Kier molecular flexibility index (Phi) is 6.04. The molecule has 0 heterocycles. The Morgan fingerprint density at radius 2 is 1.83 bits per heavy atom. The van der Waals surface area contributed by atoms with Crippen LogP contribution in [-0.4, -0.2) is 19.1 Å². The second-order valence-corrected chi connectivity index (χ2v) is 6.00. The van der Waals surface area contributed by atoms with Crippen molar-refractivity contribution in [2.24, 2.45) is 0 Å². The molecule has 0 radical (unpaired) electrons. The van der Waals surface area contributed by atoms with Gasteiger partial charge in [0.15, 0.2) is 6.10 Å². The van der Waals surface area contributed by atoms with Gasteiger partial charge in [0.2, 0.25) is 0 Å². The van der Waals surface area contributed by atoms with Crippen molar-refractivity contribution in [2.75, 3.05) is 12.4 Å². The Morgan fingerprint density at radius 3 is 2.39 bits per heavy atom. The molecular formula is C18H20BrNO3. The van der Waals surface area contributed by atoms with Crippen LogP contribution in [0.2, 0.25) is 0 Å². The van der Waals surface area contributed by atoms with Crippen LogP contribution in [0.5, 0.6) is 11.5 Å². The second-order valence-electron chi connectivity index (χ2n) is 5.14. The van der Waals surface area contributed by atoms with Gasteiger partial charge in [0, 0.05) is 10.2 Å². The number of halogens is 1. The van der Waals surface area contributed by atoms with Gasteiger partial charge < -0.3 is 14.8 Å². The highest BCUT2D eigenvalue weighted by molar-refractivity contribution is 9.10. The van der Waals surface area contributed by atoms with Crippen LogP contribution in [0.4, 0.5) is 5.69 Å². The third-order valence-corrected chi connectivity index (χ3v) is 4.32. The fourth-order valence-corrected chi connectivity index (χ4v) is 2.33. The normalized spacial score (nSPS) is 11.7. The van der Waals surface area contributed by atoms with Crippen molar-refractivity contribution in [3.8, 4) is 11.5 Å². The van der Waals surface area contributed by atoms with E-state index >= 15 is 0 Å². The summed E-state index contributed by atoms with van der Waals surface area (Å²) < 4.78 is 11.9. The molecule has 0 spiro atoms. The summed E-state index contributed by atoms with van der Waals surface area (Å²) in [5.41, 5.74) is 1.82. The average Bonchev–Trinajstić information content (AvgIpc) is 2.56. The van der Waals surface area contributed by atoms with Crippen molar-refractivity contribution in [2.45, 2.75) is 26.4 Å². The SMILES string of the molecule is CC[C@H](Oc1ccc(OC)cc1)C(=O)Nc1ccc(Br)c(C)c1. The fourth-order valence-electron chi connectivity index (χ4n) is 2.09. The van der Waals surface area contributed by atoms with Crippen LogP contribution in [0.1, 0.15) is 18.9 Å². The summed E-state index contributed by atoms with van der Waals surface area (Å²) in [6.07, 6.45) is 0.0280. The third kappa shape index (κ3) is 4.73. The van der Waals surface area contributed by atoms with Crippen molar-refractivity contribution in [1.82, 2.24) is 0 Å². The lowest BCUT2D eigenvalue weighted by Gasteiger charge is -2.17. The van der Waals surface area contributed by atoms with Gasteiger partial charge in [-0.3, -0.25) is 4.79 Å². The smallest absolute Gasteiger partial charge is 0.265 e. The van der Waals surface area contributed by atoms with E-state index in [0.29, 0.717) is 12.2 Å². The minimum Gasteiger partial charge on any atom is -0.497 e. The van der Waals surface area contributed by atoms with Gasteiger partial charge in [-0.2, -0.15) is 0 Å². The predicted octanol–water partition coefficient (Wildman–Crippen LogP) is 4.56. The van der Waals surface area contributed by atoms with Crippen molar-refractivity contribution < 1.29 is 14.3 Å². The van der Waals surface area contributed by atoms with E-state index in [0.717, 1.165) is 21.5 Å². The van der Waals surface area contributed by atoms with Crippen molar-refractivity contribution in [3.63, 3.8) is 0 Å². The molecule has 0 aromatic heterocycles. The maximum absolute atomic E-state index is 12.4. The summed E-state index contributed by atoms with van der Waals surface area (Å²) >= 11 is 3.45. The van der Waals surface area contributed by atoms with E-state index in [1.54, 1.807) is 31.4 Å². The van der Waals surface area contributed by atoms with Crippen molar-refractivity contribution >= 4 is 27.5 Å². The first-order valence-electron chi connectivity index (χ1n) is 7.41. The van der Waals surface area contributed by atoms with Crippen LogP contribution in [0.15, 0.2) is 46.9 Å². The molecular weight excluding hydrogens is 358 g/mol. The maximum Gasteiger partial charge on any atom is 0.265 e. The number of hydrogen-bond acceptors (Lipinski definition) is 3. The molecule has 4 nitrogen and oxygen atoms in total. The highest BCUT2D eigenvalue weighted by atomic mass is 79.9. The van der Waals surface area contributed by atoms with Crippen LogP contribution in [0.3, 0.4) is 0 Å². The quantitative estimate of drug-likeness (QED) is 0.802. The molecule has 0 unspecified atom stereocenters. The molecule has 1 amide bonds. The lowest BCUT2D eigenvalue weighted by molar-refractivity contribution is -0.122. The van der Waals surface area contributed by atoms with Crippen LogP contribution < -0.4 is 14.8 Å². The van der Waals surface area contributed by atoms with Gasteiger partial charge in [-0.05, 0) is 61.4 Å². The summed E-state index contributed by atoms with van der Waals surface area (Å²) in [6, 6.07) is 12.9. The molecule has 1 N–H and O–H groups in total. The Bertz CT molecular complexity index is 670. The molecule has 0 fully saturated rings. The minimum atomic E-state index is -0.549. The molecule has 2 aromatic carbocycles. The summed E-state index contributed by atoms with van der Waals surface area (Å²) in [4.78, 5) is 12.4. The van der Waals surface area contributed by atoms with E-state index in [2.05, 4.69) is 21.2 Å². The van der Waals surface area contributed by atoms with Gasteiger partial charge >= 0.3 is 0 Å². The highest BCUT2D eigenvalue weighted by Gasteiger charge is 2.18. The molecule has 5 heteroatoms. The van der Waals surface area contributed by atoms with E-state index in [1.165, 1.54) is 0 Å². The minimum absolute atomic E-state index is 0.162. The summed E-state index contributed by atoms with van der Waals surface area (Å²) in [5.74, 6) is 1.23. The van der Waals surface area contributed by atoms with E-state index in [4.69, 9.17) is 9.47 Å². The van der Waals surface area contributed by atoms with Crippen LogP contribution >= 0.6 is 15.9 Å². The number of ether oxygens (including phenoxy) is 2. The number of methoxy groups -OCH3 is 1. The molecule has 2 rings (SSSR count). The van der Waals surface area contributed by atoms with Crippen LogP contribution in [0, 0.1) is 6.92 Å². The number of rotatable bonds is 6. The molecule has 0 aliphatic heterocycles. The first kappa shape index (κ1) is 17.3. The molecule has 0 saturated carbocycles. The van der Waals surface area contributed by atoms with Gasteiger partial charge in [0.05, 0.1) is 7.11 Å². The van der Waals surface area contributed by atoms with E-state index in [-0.39, 0.29) is 5.91 Å². The predicted molar refractivity (Wildman–Crippen MR) is 95.2 cm³/mol. The first-order chi connectivity index (χ1) is 11.0. The molecule has 0 bridgehead atoms. The second kappa shape index (κ2) is 8.02. The molecule has 1 atom stereocenters. The number of amides is 1. The largest absolute Gasteiger partial charge is 0.497 e. The summed E-state index contributed by atoms with van der Waals surface area (Å²) in [6.45, 7) is 3.89. The van der Waals surface area contributed by atoms with E-state index in [1.807, 2.05) is 32.0 Å². The standard InChI is InChI=1S/C18H20BrNO3/c1-4-17(23-15-8-6-14(22-3)7-9-15)18(21)20-13-5-10-16(19)12(2)11-13/h5-11,17H,4H2,1-3H3,(H,20,21)/t17-/m0/s1. The number of aryl methyl sites for hydroxylation is 1. The number of benzene rings is 2. The van der Waals surface area contributed by atoms with Gasteiger partial charge in [-0.1, -0.05) is 22.9 Å². The Labute approximate surface area is 144 Å². The number of carbonyl (C=O) groups is 1. The number of carbonyl (C=O) groups excluding carboxylic acids is 1. The number of hydrogen-bond donors (Lipinski definition) is 1. The maximum atomic E-state index is 12.4.